The van der Waals surface area contributed by atoms with Crippen LogP contribution in [0.1, 0.15) is 13.8 Å². The van der Waals surface area contributed by atoms with E-state index in [0.717, 1.165) is 23.0 Å². The van der Waals surface area contributed by atoms with E-state index in [1.165, 1.54) is 0 Å². The number of rotatable bonds is 3. The molecule has 0 saturated heterocycles. The summed E-state index contributed by atoms with van der Waals surface area (Å²) in [6.45, 7) is 3.76. The first-order chi connectivity index (χ1) is 10.4. The van der Waals surface area contributed by atoms with Crippen molar-refractivity contribution in [3.05, 3.63) is 24.3 Å². The summed E-state index contributed by atoms with van der Waals surface area (Å²) >= 11 is 1.00. The first-order valence-corrected chi connectivity index (χ1v) is 7.59. The number of carbonyl (C=O) groups is 1. The molecule has 0 aliphatic carbocycles. The Hall–Kier alpha value is -2.35. The minimum Gasteiger partial charge on any atom is -0.481 e. The molecule has 114 valence electrons. The van der Waals surface area contributed by atoms with E-state index in [-0.39, 0.29) is 10.9 Å². The van der Waals surface area contributed by atoms with E-state index < -0.39 is 11.7 Å². The van der Waals surface area contributed by atoms with Gasteiger partial charge >= 0.3 is 5.97 Å². The molecule has 0 unspecified atom stereocenters. The summed E-state index contributed by atoms with van der Waals surface area (Å²) in [5, 5.41) is 20.4. The molecule has 0 amide bonds. The van der Waals surface area contributed by atoms with Gasteiger partial charge in [0.25, 0.3) is 0 Å². The van der Waals surface area contributed by atoms with Gasteiger partial charge in [-0.1, -0.05) is 30.0 Å². The molecule has 0 atom stereocenters. The number of hydrogen-bond donors (Lipinski definition) is 2. The highest BCUT2D eigenvalue weighted by atomic mass is 32.2. The minimum atomic E-state index is -0.934. The predicted molar refractivity (Wildman–Crippen MR) is 82.0 cm³/mol. The summed E-state index contributed by atoms with van der Waals surface area (Å²) in [6.07, 6.45) is 0. The van der Waals surface area contributed by atoms with Crippen LogP contribution in [0.3, 0.4) is 0 Å². The largest absolute Gasteiger partial charge is 0.481 e. The van der Waals surface area contributed by atoms with Crippen molar-refractivity contribution in [1.82, 2.24) is 15.2 Å². The van der Waals surface area contributed by atoms with Crippen molar-refractivity contribution in [2.75, 3.05) is 11.1 Å². The summed E-state index contributed by atoms with van der Waals surface area (Å²) in [7, 11) is 0. The van der Waals surface area contributed by atoms with E-state index >= 15 is 0 Å². The molecule has 1 aromatic carbocycles. The second kappa shape index (κ2) is 5.45. The highest BCUT2D eigenvalue weighted by Crippen LogP contribution is 2.38. The SMILES string of the molecule is CC1(C)Nc2ccccc2-c2nnc(SCC(=O)O)nc2O1. The molecule has 0 saturated carbocycles. The van der Waals surface area contributed by atoms with Crippen molar-refractivity contribution in [2.24, 2.45) is 0 Å². The maximum absolute atomic E-state index is 10.6. The van der Waals surface area contributed by atoms with Gasteiger partial charge in [0, 0.05) is 11.3 Å². The van der Waals surface area contributed by atoms with Crippen molar-refractivity contribution in [2.45, 2.75) is 24.7 Å². The number of anilines is 1. The van der Waals surface area contributed by atoms with Gasteiger partial charge in [0.2, 0.25) is 11.0 Å². The number of aliphatic carboxylic acids is 1. The summed E-state index contributed by atoms with van der Waals surface area (Å²) in [5.74, 6) is -0.722. The van der Waals surface area contributed by atoms with Crippen LogP contribution in [0, 0.1) is 0 Å². The second-order valence-corrected chi connectivity index (χ2v) is 6.16. The zero-order valence-electron chi connectivity index (χ0n) is 12.0. The monoisotopic (exact) mass is 318 g/mol. The molecular formula is C14H14N4O3S. The Labute approximate surface area is 131 Å². The van der Waals surface area contributed by atoms with E-state index in [1.54, 1.807) is 0 Å². The Kier molecular flexibility index (Phi) is 3.61. The Morgan fingerprint density at radius 2 is 2.14 bits per heavy atom. The molecule has 0 fully saturated rings. The molecule has 1 aliphatic heterocycles. The Balaban J connectivity index is 2.05. The van der Waals surface area contributed by atoms with Crippen LogP contribution in [0.5, 0.6) is 5.88 Å². The summed E-state index contributed by atoms with van der Waals surface area (Å²) in [6, 6.07) is 7.67. The fourth-order valence-corrected chi connectivity index (χ4v) is 2.61. The zero-order valence-corrected chi connectivity index (χ0v) is 12.8. The Morgan fingerprint density at radius 3 is 2.91 bits per heavy atom. The number of carboxylic acids is 1. The van der Waals surface area contributed by atoms with Crippen molar-refractivity contribution in [3.8, 4) is 17.1 Å². The Bertz CT molecular complexity index is 736. The first-order valence-electron chi connectivity index (χ1n) is 6.60. The number of aromatic nitrogens is 3. The number of thioether (sulfide) groups is 1. The maximum Gasteiger partial charge on any atom is 0.313 e. The third-order valence-electron chi connectivity index (χ3n) is 2.93. The van der Waals surface area contributed by atoms with Gasteiger partial charge in [-0.25, -0.2) is 0 Å². The number of nitrogens with one attached hydrogen (secondary N) is 1. The van der Waals surface area contributed by atoms with Gasteiger partial charge in [-0.3, -0.25) is 4.79 Å². The van der Waals surface area contributed by atoms with E-state index in [0.29, 0.717) is 11.6 Å². The van der Waals surface area contributed by atoms with E-state index in [1.807, 2.05) is 38.1 Å². The maximum atomic E-state index is 10.6. The molecule has 7 nitrogen and oxygen atoms in total. The van der Waals surface area contributed by atoms with Crippen molar-refractivity contribution in [3.63, 3.8) is 0 Å². The van der Waals surface area contributed by atoms with Gasteiger partial charge < -0.3 is 15.2 Å². The van der Waals surface area contributed by atoms with E-state index in [9.17, 15) is 4.79 Å². The van der Waals surface area contributed by atoms with Gasteiger partial charge in [-0.05, 0) is 19.9 Å². The third kappa shape index (κ3) is 2.96. The second-order valence-electron chi connectivity index (χ2n) is 5.21. The highest BCUT2D eigenvalue weighted by molar-refractivity contribution is 7.99. The zero-order chi connectivity index (χ0) is 15.7. The third-order valence-corrected chi connectivity index (χ3v) is 3.75. The molecule has 2 N–H and O–H groups in total. The number of hydrogen-bond acceptors (Lipinski definition) is 7. The summed E-state index contributed by atoms with van der Waals surface area (Å²) in [5.41, 5.74) is 1.59. The fourth-order valence-electron chi connectivity index (χ4n) is 2.12. The fraction of sp³-hybridized carbons (Fsp3) is 0.286. The number of benzene rings is 1. The van der Waals surface area contributed by atoms with Crippen LogP contribution in [-0.2, 0) is 4.79 Å². The lowest BCUT2D eigenvalue weighted by atomic mass is 10.1. The van der Waals surface area contributed by atoms with Crippen LogP contribution in [-0.4, -0.2) is 37.7 Å². The lowest BCUT2D eigenvalue weighted by molar-refractivity contribution is -0.133. The van der Waals surface area contributed by atoms with Crippen LogP contribution in [0.2, 0.25) is 0 Å². The quantitative estimate of drug-likeness (QED) is 0.832. The molecule has 2 heterocycles. The topological polar surface area (TPSA) is 97.2 Å². The molecule has 3 rings (SSSR count). The molecular weight excluding hydrogens is 304 g/mol. The molecule has 2 aromatic rings. The van der Waals surface area contributed by atoms with Crippen LogP contribution >= 0.6 is 11.8 Å². The smallest absolute Gasteiger partial charge is 0.313 e. The average molecular weight is 318 g/mol. The lowest BCUT2D eigenvalue weighted by Crippen LogP contribution is -2.37. The average Bonchev–Trinajstić information content (AvgIpc) is 2.56. The van der Waals surface area contributed by atoms with Crippen LogP contribution in [0.25, 0.3) is 11.3 Å². The number of fused-ring (bicyclic) bond motifs is 3. The van der Waals surface area contributed by atoms with Crippen LogP contribution in [0.4, 0.5) is 5.69 Å². The van der Waals surface area contributed by atoms with Gasteiger partial charge in [0.05, 0.1) is 5.75 Å². The molecule has 0 spiro atoms. The van der Waals surface area contributed by atoms with Crippen molar-refractivity contribution >= 4 is 23.4 Å². The molecule has 1 aliphatic rings. The summed E-state index contributed by atoms with van der Waals surface area (Å²) in [4.78, 5) is 14.9. The van der Waals surface area contributed by atoms with Crippen molar-refractivity contribution < 1.29 is 14.6 Å². The molecule has 1 aromatic heterocycles. The molecule has 0 bridgehead atoms. The number of carboxylic acid groups (broad SMARTS) is 1. The number of ether oxygens (including phenoxy) is 1. The molecule has 22 heavy (non-hydrogen) atoms. The van der Waals surface area contributed by atoms with E-state index in [4.69, 9.17) is 9.84 Å². The Morgan fingerprint density at radius 1 is 1.36 bits per heavy atom. The van der Waals surface area contributed by atoms with Crippen LogP contribution < -0.4 is 10.1 Å². The van der Waals surface area contributed by atoms with Gasteiger partial charge in [0.15, 0.2) is 11.4 Å². The van der Waals surface area contributed by atoms with Gasteiger partial charge in [0.1, 0.15) is 0 Å². The molecule has 0 radical (unpaired) electrons. The lowest BCUT2D eigenvalue weighted by Gasteiger charge is -2.26. The minimum absolute atomic E-state index is 0.126. The normalized spacial score (nSPS) is 14.8. The van der Waals surface area contributed by atoms with Crippen LogP contribution in [0.15, 0.2) is 29.4 Å². The van der Waals surface area contributed by atoms with Gasteiger partial charge in [-0.2, -0.15) is 4.98 Å². The standard InChI is InChI=1S/C14H14N4O3S/c1-14(2)16-9-6-4-3-5-8(9)11-12(21-14)15-13(18-17-11)22-7-10(19)20/h3-6,16H,7H2,1-2H3,(H,19,20). The van der Waals surface area contributed by atoms with Gasteiger partial charge in [-0.15, -0.1) is 10.2 Å². The highest BCUT2D eigenvalue weighted by Gasteiger charge is 2.29. The first kappa shape index (κ1) is 14.6. The number of nitrogens with zero attached hydrogens (tertiary/aromatic N) is 3. The van der Waals surface area contributed by atoms with Crippen molar-refractivity contribution in [1.29, 1.82) is 0 Å². The summed E-state index contributed by atoms with van der Waals surface area (Å²) < 4.78 is 5.89. The molecule has 8 heteroatoms. The van der Waals surface area contributed by atoms with E-state index in [2.05, 4.69) is 20.5 Å². The number of para-hydroxylation sites is 1. The predicted octanol–water partition coefficient (Wildman–Crippen LogP) is 2.26.